The Labute approximate surface area is 116 Å². The van der Waals surface area contributed by atoms with Gasteiger partial charge in [0, 0.05) is 17.6 Å². The smallest absolute Gasteiger partial charge is 0.150 e. The first-order chi connectivity index (χ1) is 8.83. The van der Waals surface area contributed by atoms with E-state index in [1.165, 1.54) is 6.26 Å². The minimum atomic E-state index is -3.01. The zero-order chi connectivity index (χ0) is 14.1. The van der Waals surface area contributed by atoms with Crippen LogP contribution in [0.15, 0.2) is 0 Å². The molecule has 2 fully saturated rings. The fraction of sp³-hybridized carbons (Fsp3) is 0.929. The van der Waals surface area contributed by atoms with Crippen LogP contribution in [0.3, 0.4) is 0 Å². The highest BCUT2D eigenvalue weighted by Crippen LogP contribution is 2.38. The third kappa shape index (κ3) is 3.37. The quantitative estimate of drug-likeness (QED) is 0.855. The van der Waals surface area contributed by atoms with Crippen molar-refractivity contribution in [1.29, 1.82) is 0 Å². The molecule has 2 aliphatic rings. The third-order valence-corrected chi connectivity index (χ3v) is 6.54. The molecule has 0 spiro atoms. The molecule has 5 heteroatoms. The normalized spacial score (nSPS) is 31.9. The second kappa shape index (κ2) is 5.52. The van der Waals surface area contributed by atoms with E-state index in [9.17, 15) is 13.2 Å². The number of hydrogen-bond donors (Lipinski definition) is 1. The number of carbonyl (C=O) groups is 1. The highest BCUT2D eigenvalue weighted by molar-refractivity contribution is 7.91. The van der Waals surface area contributed by atoms with Crippen molar-refractivity contribution in [3.8, 4) is 0 Å². The summed E-state index contributed by atoms with van der Waals surface area (Å²) in [6, 6.07) is 0. The average molecular weight is 287 g/mol. The van der Waals surface area contributed by atoms with Crippen LogP contribution in [-0.4, -0.2) is 38.8 Å². The van der Waals surface area contributed by atoms with Gasteiger partial charge in [-0.05, 0) is 45.2 Å². The van der Waals surface area contributed by atoms with Crippen molar-refractivity contribution < 1.29 is 13.2 Å². The van der Waals surface area contributed by atoms with Gasteiger partial charge >= 0.3 is 0 Å². The van der Waals surface area contributed by atoms with Gasteiger partial charge in [-0.15, -0.1) is 0 Å². The Morgan fingerprint density at radius 2 is 1.84 bits per heavy atom. The van der Waals surface area contributed by atoms with Crippen LogP contribution in [0.2, 0.25) is 0 Å². The Morgan fingerprint density at radius 1 is 1.21 bits per heavy atom. The number of Topliss-reactive ketones (excluding diaryl/α,β-unsaturated/α-hetero) is 1. The fourth-order valence-electron chi connectivity index (χ4n) is 3.49. The van der Waals surface area contributed by atoms with E-state index in [1.54, 1.807) is 0 Å². The molecule has 0 aromatic carbocycles. The molecule has 4 nitrogen and oxygen atoms in total. The number of rotatable bonds is 3. The van der Waals surface area contributed by atoms with Crippen LogP contribution in [0, 0.1) is 11.3 Å². The molecule has 0 amide bonds. The summed E-state index contributed by atoms with van der Waals surface area (Å²) in [6.07, 6.45) is 6.06. The van der Waals surface area contributed by atoms with E-state index in [-0.39, 0.29) is 16.6 Å². The first-order valence-electron chi connectivity index (χ1n) is 7.27. The van der Waals surface area contributed by atoms with Crippen molar-refractivity contribution >= 4 is 15.6 Å². The van der Waals surface area contributed by atoms with Gasteiger partial charge in [-0.3, -0.25) is 4.79 Å². The van der Waals surface area contributed by atoms with Crippen molar-refractivity contribution in [2.24, 2.45) is 11.3 Å². The van der Waals surface area contributed by atoms with Crippen LogP contribution >= 0.6 is 0 Å². The summed E-state index contributed by atoms with van der Waals surface area (Å²) in [5, 5.41) is 2.98. The van der Waals surface area contributed by atoms with Crippen LogP contribution in [-0.2, 0) is 14.6 Å². The summed E-state index contributed by atoms with van der Waals surface area (Å²) in [6.45, 7) is 3.84. The van der Waals surface area contributed by atoms with Gasteiger partial charge in [-0.1, -0.05) is 13.3 Å². The maximum atomic E-state index is 12.7. The summed E-state index contributed by atoms with van der Waals surface area (Å²) in [5.41, 5.74) is -0.241. The van der Waals surface area contributed by atoms with Crippen molar-refractivity contribution in [2.75, 3.05) is 19.3 Å². The van der Waals surface area contributed by atoms with Gasteiger partial charge in [0.2, 0.25) is 0 Å². The van der Waals surface area contributed by atoms with E-state index in [4.69, 9.17) is 0 Å². The molecule has 1 N–H and O–H groups in total. The molecule has 2 atom stereocenters. The van der Waals surface area contributed by atoms with Gasteiger partial charge in [0.25, 0.3) is 0 Å². The SMILES string of the molecule is CC1(C(=O)C2CCCC(S(C)(=O)=O)C2)CCNCC1. The predicted molar refractivity (Wildman–Crippen MR) is 75.8 cm³/mol. The van der Waals surface area contributed by atoms with Crippen LogP contribution in [0.25, 0.3) is 0 Å². The second-order valence-corrected chi connectivity index (χ2v) is 8.82. The number of ketones is 1. The standard InChI is InChI=1S/C14H25NO3S/c1-14(6-8-15-9-7-14)13(16)11-4-3-5-12(10-11)19(2,17)18/h11-12,15H,3-10H2,1-2H3. The zero-order valence-corrected chi connectivity index (χ0v) is 12.8. The van der Waals surface area contributed by atoms with Crippen LogP contribution in [0.5, 0.6) is 0 Å². The summed E-state index contributed by atoms with van der Waals surface area (Å²) in [7, 11) is -3.01. The van der Waals surface area contributed by atoms with E-state index >= 15 is 0 Å². The van der Waals surface area contributed by atoms with Crippen molar-refractivity contribution in [3.05, 3.63) is 0 Å². The topological polar surface area (TPSA) is 63.2 Å². The molecule has 2 rings (SSSR count). The van der Waals surface area contributed by atoms with Gasteiger partial charge in [0.05, 0.1) is 5.25 Å². The third-order valence-electron chi connectivity index (χ3n) is 4.90. The lowest BCUT2D eigenvalue weighted by molar-refractivity contribution is -0.134. The maximum Gasteiger partial charge on any atom is 0.150 e. The average Bonchev–Trinajstić information content (AvgIpc) is 2.38. The summed E-state index contributed by atoms with van der Waals surface area (Å²) >= 11 is 0. The highest BCUT2D eigenvalue weighted by atomic mass is 32.2. The molecule has 1 aliphatic heterocycles. The number of hydrogen-bond acceptors (Lipinski definition) is 4. The minimum Gasteiger partial charge on any atom is -0.317 e. The van der Waals surface area contributed by atoms with Gasteiger partial charge < -0.3 is 5.32 Å². The molecule has 0 aromatic heterocycles. The van der Waals surface area contributed by atoms with Crippen LogP contribution in [0.1, 0.15) is 45.4 Å². The van der Waals surface area contributed by atoms with Crippen molar-refractivity contribution in [3.63, 3.8) is 0 Å². The zero-order valence-electron chi connectivity index (χ0n) is 11.9. The van der Waals surface area contributed by atoms with Crippen LogP contribution < -0.4 is 5.32 Å². The Morgan fingerprint density at radius 3 is 2.42 bits per heavy atom. The summed E-state index contributed by atoms with van der Waals surface area (Å²) in [4.78, 5) is 12.7. The monoisotopic (exact) mass is 287 g/mol. The molecule has 1 saturated heterocycles. The molecule has 1 heterocycles. The van der Waals surface area contributed by atoms with Gasteiger partial charge in [-0.25, -0.2) is 8.42 Å². The van der Waals surface area contributed by atoms with E-state index in [0.717, 1.165) is 45.2 Å². The van der Waals surface area contributed by atoms with Crippen molar-refractivity contribution in [2.45, 2.75) is 50.7 Å². The van der Waals surface area contributed by atoms with Gasteiger partial charge in [0.1, 0.15) is 15.6 Å². The molecule has 0 bridgehead atoms. The minimum absolute atomic E-state index is 0.0448. The Bertz CT molecular complexity index is 438. The van der Waals surface area contributed by atoms with E-state index in [0.29, 0.717) is 12.2 Å². The molecular formula is C14H25NO3S. The molecule has 19 heavy (non-hydrogen) atoms. The number of nitrogens with one attached hydrogen (secondary N) is 1. The molecule has 0 radical (unpaired) electrons. The van der Waals surface area contributed by atoms with E-state index < -0.39 is 9.84 Å². The molecular weight excluding hydrogens is 262 g/mol. The first kappa shape index (κ1) is 15.0. The lowest BCUT2D eigenvalue weighted by atomic mass is 9.69. The molecule has 1 aliphatic carbocycles. The maximum absolute atomic E-state index is 12.7. The first-order valence-corrected chi connectivity index (χ1v) is 9.22. The second-order valence-electron chi connectivity index (χ2n) is 6.49. The van der Waals surface area contributed by atoms with Gasteiger partial charge in [0.15, 0.2) is 0 Å². The molecule has 0 aromatic rings. The molecule has 2 unspecified atom stereocenters. The Hall–Kier alpha value is -0.420. The Balaban J connectivity index is 2.06. The number of carbonyl (C=O) groups excluding carboxylic acids is 1. The fourth-order valence-corrected chi connectivity index (χ4v) is 4.67. The lowest BCUT2D eigenvalue weighted by Crippen LogP contribution is -2.44. The predicted octanol–water partition coefficient (Wildman–Crippen LogP) is 1.55. The summed E-state index contributed by atoms with van der Waals surface area (Å²) in [5.74, 6) is 0.263. The van der Waals surface area contributed by atoms with Crippen LogP contribution in [0.4, 0.5) is 0 Å². The Kier molecular flexibility index (Phi) is 4.35. The van der Waals surface area contributed by atoms with E-state index in [2.05, 4.69) is 12.2 Å². The lowest BCUT2D eigenvalue weighted by Gasteiger charge is -2.37. The summed E-state index contributed by atoms with van der Waals surface area (Å²) < 4.78 is 23.4. The van der Waals surface area contributed by atoms with Gasteiger partial charge in [-0.2, -0.15) is 0 Å². The highest BCUT2D eigenvalue weighted by Gasteiger charge is 2.41. The van der Waals surface area contributed by atoms with Crippen molar-refractivity contribution in [1.82, 2.24) is 5.32 Å². The molecule has 110 valence electrons. The molecule has 1 saturated carbocycles. The number of piperidine rings is 1. The largest absolute Gasteiger partial charge is 0.317 e. The number of sulfone groups is 1. The van der Waals surface area contributed by atoms with E-state index in [1.807, 2.05) is 0 Å².